The van der Waals surface area contributed by atoms with E-state index in [1.54, 1.807) is 11.8 Å². The van der Waals surface area contributed by atoms with E-state index in [4.69, 9.17) is 16.6 Å². The molecule has 0 spiro atoms. The van der Waals surface area contributed by atoms with Gasteiger partial charge >= 0.3 is 0 Å². The number of nitrogens with zero attached hydrogens (tertiary/aromatic N) is 2. The number of benzene rings is 1. The van der Waals surface area contributed by atoms with Crippen LogP contribution in [0.4, 0.5) is 0 Å². The van der Waals surface area contributed by atoms with Crippen LogP contribution < -0.4 is 0 Å². The van der Waals surface area contributed by atoms with Crippen molar-refractivity contribution >= 4 is 44.9 Å². The fourth-order valence-electron chi connectivity index (χ4n) is 3.75. The molecule has 142 valence electrons. The van der Waals surface area contributed by atoms with Crippen LogP contribution in [0.15, 0.2) is 29.4 Å². The zero-order chi connectivity index (χ0) is 19.2. The summed E-state index contributed by atoms with van der Waals surface area (Å²) < 4.78 is 0. The fraction of sp³-hybridized carbons (Fsp3) is 0.455. The molecule has 0 amide bonds. The first-order chi connectivity index (χ1) is 12.8. The van der Waals surface area contributed by atoms with Gasteiger partial charge in [-0.2, -0.15) is 0 Å². The fourth-order valence-corrected chi connectivity index (χ4v) is 6.30. The highest BCUT2D eigenvalue weighted by Gasteiger charge is 2.31. The molecule has 0 radical (unpaired) electrons. The van der Waals surface area contributed by atoms with Crippen molar-refractivity contribution in [1.29, 1.82) is 0 Å². The molecular formula is C22H25ClN2S2. The standard InChI is InChI=1S/C22H25ClN2S2/c1-13-5-7-14(8-6-13)12-26-21-24-19(23)18-16-10-9-15(22(2,3)4)11-17(16)27-20(18)25-21/h5-8,15H,9-12H2,1-4H3. The van der Waals surface area contributed by atoms with Crippen LogP contribution in [-0.2, 0) is 18.6 Å². The van der Waals surface area contributed by atoms with Crippen molar-refractivity contribution in [2.45, 2.75) is 57.9 Å². The molecule has 0 saturated carbocycles. The lowest BCUT2D eigenvalue weighted by Crippen LogP contribution is -2.26. The molecule has 1 aromatic carbocycles. The molecule has 0 N–H and O–H groups in total. The summed E-state index contributed by atoms with van der Waals surface area (Å²) in [6, 6.07) is 8.62. The summed E-state index contributed by atoms with van der Waals surface area (Å²) in [5.41, 5.74) is 4.31. The third-order valence-electron chi connectivity index (χ3n) is 5.56. The molecule has 2 heterocycles. The molecule has 5 heteroatoms. The Labute approximate surface area is 174 Å². The molecule has 1 aliphatic carbocycles. The quantitative estimate of drug-likeness (QED) is 0.258. The highest BCUT2D eigenvalue weighted by Crippen LogP contribution is 2.44. The van der Waals surface area contributed by atoms with E-state index in [0.29, 0.717) is 10.6 Å². The normalized spacial score (nSPS) is 17.3. The molecule has 0 saturated heterocycles. The lowest BCUT2D eigenvalue weighted by Gasteiger charge is -2.33. The van der Waals surface area contributed by atoms with Crippen LogP contribution in [0, 0.1) is 18.3 Å². The molecule has 0 aliphatic heterocycles. The lowest BCUT2D eigenvalue weighted by atomic mass is 9.72. The highest BCUT2D eigenvalue weighted by atomic mass is 35.5. The van der Waals surface area contributed by atoms with Crippen LogP contribution >= 0.6 is 34.7 Å². The van der Waals surface area contributed by atoms with E-state index in [1.807, 2.05) is 11.3 Å². The van der Waals surface area contributed by atoms with E-state index >= 15 is 0 Å². The number of thiophene rings is 1. The van der Waals surface area contributed by atoms with Gasteiger partial charge in [-0.3, -0.25) is 0 Å². The minimum atomic E-state index is 0.346. The second-order valence-electron chi connectivity index (χ2n) is 8.56. The summed E-state index contributed by atoms with van der Waals surface area (Å²) in [6.07, 6.45) is 3.46. The first-order valence-electron chi connectivity index (χ1n) is 9.47. The van der Waals surface area contributed by atoms with Crippen LogP contribution in [0.5, 0.6) is 0 Å². The maximum Gasteiger partial charge on any atom is 0.190 e. The van der Waals surface area contributed by atoms with Crippen molar-refractivity contribution in [3.63, 3.8) is 0 Å². The number of halogens is 1. The first kappa shape index (κ1) is 19.2. The number of rotatable bonds is 3. The summed E-state index contributed by atoms with van der Waals surface area (Å²) in [6.45, 7) is 9.16. The molecule has 3 aromatic rings. The van der Waals surface area contributed by atoms with E-state index in [1.165, 1.54) is 28.0 Å². The summed E-state index contributed by atoms with van der Waals surface area (Å²) in [4.78, 5) is 12.0. The Hall–Kier alpha value is -1.10. The number of fused-ring (bicyclic) bond motifs is 3. The predicted octanol–water partition coefficient (Wildman–Crippen LogP) is 7.10. The second-order valence-corrected chi connectivity index (χ2v) is 10.9. The molecule has 2 nitrogen and oxygen atoms in total. The van der Waals surface area contributed by atoms with E-state index in [0.717, 1.165) is 39.9 Å². The lowest BCUT2D eigenvalue weighted by molar-refractivity contribution is 0.218. The van der Waals surface area contributed by atoms with Gasteiger partial charge in [0.1, 0.15) is 9.98 Å². The molecule has 4 rings (SSSR count). The first-order valence-corrected chi connectivity index (χ1v) is 11.7. The van der Waals surface area contributed by atoms with Crippen molar-refractivity contribution in [3.05, 3.63) is 51.0 Å². The van der Waals surface area contributed by atoms with Crippen LogP contribution in [0.1, 0.15) is 48.8 Å². The third kappa shape index (κ3) is 4.03. The van der Waals surface area contributed by atoms with Gasteiger partial charge < -0.3 is 0 Å². The van der Waals surface area contributed by atoms with Crippen molar-refractivity contribution in [1.82, 2.24) is 9.97 Å². The monoisotopic (exact) mass is 416 g/mol. The SMILES string of the molecule is Cc1ccc(CSc2nc(Cl)c3c4c(sc3n2)CC(C(C)(C)C)CC4)cc1. The van der Waals surface area contributed by atoms with E-state index in [2.05, 4.69) is 56.9 Å². The molecular weight excluding hydrogens is 392 g/mol. The molecule has 1 aliphatic rings. The van der Waals surface area contributed by atoms with Gasteiger partial charge in [-0.25, -0.2) is 9.97 Å². The zero-order valence-electron chi connectivity index (χ0n) is 16.3. The van der Waals surface area contributed by atoms with Gasteiger partial charge in [0.25, 0.3) is 0 Å². The smallest absolute Gasteiger partial charge is 0.190 e. The molecule has 2 aromatic heterocycles. The molecule has 1 atom stereocenters. The summed E-state index contributed by atoms with van der Waals surface area (Å²) in [5, 5.41) is 2.50. The Bertz CT molecular complexity index is 971. The highest BCUT2D eigenvalue weighted by molar-refractivity contribution is 7.98. The zero-order valence-corrected chi connectivity index (χ0v) is 18.7. The number of hydrogen-bond acceptors (Lipinski definition) is 4. The number of hydrogen-bond donors (Lipinski definition) is 0. The van der Waals surface area contributed by atoms with Gasteiger partial charge in [0.05, 0.1) is 5.39 Å². The summed E-state index contributed by atoms with van der Waals surface area (Å²) in [5.74, 6) is 1.58. The largest absolute Gasteiger partial charge is 0.211 e. The average molecular weight is 417 g/mol. The average Bonchev–Trinajstić information content (AvgIpc) is 2.98. The van der Waals surface area contributed by atoms with E-state index in [9.17, 15) is 0 Å². The van der Waals surface area contributed by atoms with Crippen LogP contribution in [0.25, 0.3) is 10.2 Å². The van der Waals surface area contributed by atoms with E-state index < -0.39 is 0 Å². The van der Waals surface area contributed by atoms with Crippen molar-refractivity contribution in [2.75, 3.05) is 0 Å². The molecule has 0 fully saturated rings. The summed E-state index contributed by atoms with van der Waals surface area (Å²) in [7, 11) is 0. The Morgan fingerprint density at radius 2 is 1.93 bits per heavy atom. The maximum absolute atomic E-state index is 6.61. The number of aromatic nitrogens is 2. The molecule has 27 heavy (non-hydrogen) atoms. The minimum Gasteiger partial charge on any atom is -0.211 e. The summed E-state index contributed by atoms with van der Waals surface area (Å²) >= 11 is 10.1. The van der Waals surface area contributed by atoms with Crippen LogP contribution in [-0.4, -0.2) is 9.97 Å². The Balaban J connectivity index is 1.60. The van der Waals surface area contributed by atoms with Crippen LogP contribution in [0.3, 0.4) is 0 Å². The maximum atomic E-state index is 6.61. The van der Waals surface area contributed by atoms with Crippen LogP contribution in [0.2, 0.25) is 5.15 Å². The van der Waals surface area contributed by atoms with Crippen molar-refractivity contribution in [3.8, 4) is 0 Å². The van der Waals surface area contributed by atoms with Gasteiger partial charge in [0, 0.05) is 10.6 Å². The third-order valence-corrected chi connectivity index (χ3v) is 7.90. The van der Waals surface area contributed by atoms with Crippen molar-refractivity contribution < 1.29 is 0 Å². The Kier molecular flexibility index (Phi) is 5.26. The topological polar surface area (TPSA) is 25.8 Å². The van der Waals surface area contributed by atoms with Gasteiger partial charge in [-0.05, 0) is 48.6 Å². The Morgan fingerprint density at radius 3 is 2.63 bits per heavy atom. The molecule has 1 unspecified atom stereocenters. The molecule has 0 bridgehead atoms. The number of aryl methyl sites for hydroxylation is 2. The van der Waals surface area contributed by atoms with E-state index in [-0.39, 0.29) is 0 Å². The minimum absolute atomic E-state index is 0.346. The Morgan fingerprint density at radius 1 is 1.19 bits per heavy atom. The van der Waals surface area contributed by atoms with Gasteiger partial charge in [-0.15, -0.1) is 11.3 Å². The van der Waals surface area contributed by atoms with Crippen molar-refractivity contribution in [2.24, 2.45) is 11.3 Å². The predicted molar refractivity (Wildman–Crippen MR) is 118 cm³/mol. The van der Waals surface area contributed by atoms with Gasteiger partial charge in [0.2, 0.25) is 0 Å². The van der Waals surface area contributed by atoms with Gasteiger partial charge in [-0.1, -0.05) is 74.0 Å². The van der Waals surface area contributed by atoms with Gasteiger partial charge in [0.15, 0.2) is 5.16 Å². The second kappa shape index (κ2) is 7.38. The number of thioether (sulfide) groups is 1.